The van der Waals surface area contributed by atoms with E-state index in [4.69, 9.17) is 5.73 Å². The minimum atomic E-state index is -3.82. The van der Waals surface area contributed by atoms with Gasteiger partial charge in [0, 0.05) is 37.0 Å². The SMILES string of the molecule is CCCS(=O)(=O)Nc1ccc(F)c(C(=O)Cc2cnc(N)c(-c3cnn(C)c3)c2)c1F. The second-order valence-electron chi connectivity index (χ2n) is 6.98. The summed E-state index contributed by atoms with van der Waals surface area (Å²) in [5, 5.41) is 4.06. The maximum atomic E-state index is 14.8. The first kappa shape index (κ1) is 22.3. The van der Waals surface area contributed by atoms with E-state index < -0.39 is 38.7 Å². The molecule has 3 aromatic rings. The van der Waals surface area contributed by atoms with Crippen molar-refractivity contribution < 1.29 is 22.0 Å². The number of benzene rings is 1. The molecule has 0 bridgehead atoms. The van der Waals surface area contributed by atoms with E-state index in [1.165, 1.54) is 6.20 Å². The van der Waals surface area contributed by atoms with E-state index in [9.17, 15) is 22.0 Å². The van der Waals surface area contributed by atoms with Gasteiger partial charge in [-0.15, -0.1) is 0 Å². The molecule has 0 aliphatic carbocycles. The molecule has 0 unspecified atom stereocenters. The number of nitrogens with one attached hydrogen (secondary N) is 1. The lowest BCUT2D eigenvalue weighted by Crippen LogP contribution is -2.19. The van der Waals surface area contributed by atoms with Crippen LogP contribution in [0.3, 0.4) is 0 Å². The van der Waals surface area contributed by atoms with Gasteiger partial charge in [0.25, 0.3) is 0 Å². The van der Waals surface area contributed by atoms with Gasteiger partial charge >= 0.3 is 0 Å². The summed E-state index contributed by atoms with van der Waals surface area (Å²) in [5.74, 6) is -3.23. The summed E-state index contributed by atoms with van der Waals surface area (Å²) in [7, 11) is -2.09. The topological polar surface area (TPSA) is 120 Å². The number of nitrogen functional groups attached to an aromatic ring is 1. The molecule has 3 N–H and O–H groups in total. The summed E-state index contributed by atoms with van der Waals surface area (Å²) >= 11 is 0. The number of nitrogens with two attached hydrogens (primary N) is 1. The van der Waals surface area contributed by atoms with Crippen LogP contribution in [0.15, 0.2) is 36.8 Å². The summed E-state index contributed by atoms with van der Waals surface area (Å²) in [6.45, 7) is 1.65. The minimum Gasteiger partial charge on any atom is -0.383 e. The Bertz CT molecular complexity index is 1240. The molecule has 0 aliphatic rings. The number of carbonyl (C=O) groups is 1. The predicted octanol–water partition coefficient (Wildman–Crippen LogP) is 2.92. The minimum absolute atomic E-state index is 0.217. The second-order valence-corrected chi connectivity index (χ2v) is 8.83. The summed E-state index contributed by atoms with van der Waals surface area (Å²) in [6, 6.07) is 3.39. The molecular formula is C20H21F2N5O3S. The monoisotopic (exact) mass is 449 g/mol. The number of nitrogens with zero attached hydrogens (tertiary/aromatic N) is 3. The lowest BCUT2D eigenvalue weighted by Gasteiger charge is -2.12. The third kappa shape index (κ3) is 5.05. The number of hydrogen-bond acceptors (Lipinski definition) is 6. The van der Waals surface area contributed by atoms with Gasteiger partial charge in [0.05, 0.1) is 23.2 Å². The van der Waals surface area contributed by atoms with Crippen molar-refractivity contribution in [3.05, 3.63) is 59.6 Å². The van der Waals surface area contributed by atoms with Crippen molar-refractivity contribution in [2.75, 3.05) is 16.2 Å². The van der Waals surface area contributed by atoms with E-state index in [1.54, 1.807) is 37.1 Å². The molecule has 0 spiro atoms. The summed E-state index contributed by atoms with van der Waals surface area (Å²) in [6.07, 6.45) is 4.58. The fourth-order valence-corrected chi connectivity index (χ4v) is 4.19. The molecule has 0 saturated heterocycles. The summed E-state index contributed by atoms with van der Waals surface area (Å²) in [5.41, 5.74) is 6.19. The van der Waals surface area contributed by atoms with Gasteiger partial charge in [-0.25, -0.2) is 22.2 Å². The molecule has 0 radical (unpaired) electrons. The van der Waals surface area contributed by atoms with E-state index in [0.717, 1.165) is 12.1 Å². The highest BCUT2D eigenvalue weighted by atomic mass is 32.2. The number of aryl methyl sites for hydroxylation is 1. The predicted molar refractivity (Wildman–Crippen MR) is 113 cm³/mol. The number of sulfonamides is 1. The van der Waals surface area contributed by atoms with Gasteiger partial charge in [-0.05, 0) is 30.2 Å². The zero-order valence-electron chi connectivity index (χ0n) is 16.9. The number of hydrogen-bond donors (Lipinski definition) is 2. The number of ketones is 1. The standard InChI is InChI=1S/C20H21F2N5O3S/c1-3-6-31(29,30)26-16-5-4-15(21)18(19(16)22)17(28)8-12-7-14(20(23)24-9-12)13-10-25-27(2)11-13/h4-5,7,9-11,26H,3,6,8H2,1-2H3,(H2,23,24). The maximum absolute atomic E-state index is 14.8. The molecule has 1 aromatic carbocycles. The quantitative estimate of drug-likeness (QED) is 0.510. The molecule has 0 atom stereocenters. The molecule has 2 heterocycles. The fourth-order valence-electron chi connectivity index (χ4n) is 3.05. The highest BCUT2D eigenvalue weighted by molar-refractivity contribution is 7.92. The van der Waals surface area contributed by atoms with Crippen molar-refractivity contribution in [1.29, 1.82) is 0 Å². The molecule has 2 aromatic heterocycles. The Hall–Kier alpha value is -3.34. The van der Waals surface area contributed by atoms with Crippen LogP contribution in [0.4, 0.5) is 20.3 Å². The lowest BCUT2D eigenvalue weighted by atomic mass is 10.0. The van der Waals surface area contributed by atoms with Crippen molar-refractivity contribution in [2.24, 2.45) is 7.05 Å². The number of aromatic nitrogens is 3. The zero-order chi connectivity index (χ0) is 22.8. The highest BCUT2D eigenvalue weighted by Crippen LogP contribution is 2.27. The number of halogens is 2. The van der Waals surface area contributed by atoms with Crippen LogP contribution in [-0.4, -0.2) is 34.7 Å². The Morgan fingerprint density at radius 2 is 2.00 bits per heavy atom. The number of Topliss-reactive ketones (excluding diaryl/α,β-unsaturated/α-hetero) is 1. The van der Waals surface area contributed by atoms with Crippen LogP contribution in [-0.2, 0) is 23.5 Å². The van der Waals surface area contributed by atoms with E-state index in [2.05, 4.69) is 14.8 Å². The van der Waals surface area contributed by atoms with Crippen LogP contribution >= 0.6 is 0 Å². The number of rotatable bonds is 8. The van der Waals surface area contributed by atoms with Crippen LogP contribution in [0.25, 0.3) is 11.1 Å². The van der Waals surface area contributed by atoms with Crippen molar-refractivity contribution >= 4 is 27.3 Å². The number of pyridine rings is 1. The molecule has 31 heavy (non-hydrogen) atoms. The Morgan fingerprint density at radius 1 is 1.26 bits per heavy atom. The first-order chi connectivity index (χ1) is 14.6. The van der Waals surface area contributed by atoms with E-state index in [1.807, 2.05) is 0 Å². The molecule has 0 aliphatic heterocycles. The van der Waals surface area contributed by atoms with Crippen LogP contribution in [0.5, 0.6) is 0 Å². The van der Waals surface area contributed by atoms with Crippen molar-refractivity contribution in [3.63, 3.8) is 0 Å². The lowest BCUT2D eigenvalue weighted by molar-refractivity contribution is 0.0985. The van der Waals surface area contributed by atoms with E-state index >= 15 is 0 Å². The van der Waals surface area contributed by atoms with Gasteiger partial charge in [0.15, 0.2) is 11.6 Å². The molecule has 0 fully saturated rings. The van der Waals surface area contributed by atoms with Gasteiger partial charge < -0.3 is 5.73 Å². The fraction of sp³-hybridized carbons (Fsp3) is 0.250. The van der Waals surface area contributed by atoms with Crippen LogP contribution in [0.1, 0.15) is 29.3 Å². The van der Waals surface area contributed by atoms with E-state index in [-0.39, 0.29) is 18.0 Å². The van der Waals surface area contributed by atoms with Crippen molar-refractivity contribution in [3.8, 4) is 11.1 Å². The molecule has 3 rings (SSSR count). The van der Waals surface area contributed by atoms with Gasteiger partial charge in [-0.1, -0.05) is 6.92 Å². The van der Waals surface area contributed by atoms with E-state index in [0.29, 0.717) is 23.1 Å². The molecule has 8 nitrogen and oxygen atoms in total. The Kier molecular flexibility index (Phi) is 6.34. The third-order valence-corrected chi connectivity index (χ3v) is 5.94. The zero-order valence-corrected chi connectivity index (χ0v) is 17.7. The maximum Gasteiger partial charge on any atom is 0.232 e. The number of anilines is 2. The van der Waals surface area contributed by atoms with Gasteiger partial charge in [-0.3, -0.25) is 14.2 Å². The Labute approximate surface area is 178 Å². The average Bonchev–Trinajstić information content (AvgIpc) is 3.12. The molecule has 0 amide bonds. The smallest absolute Gasteiger partial charge is 0.232 e. The van der Waals surface area contributed by atoms with Gasteiger partial charge in [-0.2, -0.15) is 5.10 Å². The van der Waals surface area contributed by atoms with Gasteiger partial charge in [0.1, 0.15) is 11.6 Å². The van der Waals surface area contributed by atoms with Crippen LogP contribution < -0.4 is 10.5 Å². The van der Waals surface area contributed by atoms with Crippen molar-refractivity contribution in [2.45, 2.75) is 19.8 Å². The Balaban J connectivity index is 1.91. The molecule has 11 heteroatoms. The highest BCUT2D eigenvalue weighted by Gasteiger charge is 2.23. The number of carbonyl (C=O) groups excluding carboxylic acids is 1. The first-order valence-corrected chi connectivity index (χ1v) is 11.0. The van der Waals surface area contributed by atoms with Crippen molar-refractivity contribution in [1.82, 2.24) is 14.8 Å². The van der Waals surface area contributed by atoms with Crippen LogP contribution in [0, 0.1) is 11.6 Å². The first-order valence-electron chi connectivity index (χ1n) is 9.36. The van der Waals surface area contributed by atoms with Gasteiger partial charge in [0.2, 0.25) is 10.0 Å². The third-order valence-electron chi connectivity index (χ3n) is 4.46. The summed E-state index contributed by atoms with van der Waals surface area (Å²) in [4.78, 5) is 16.8. The largest absolute Gasteiger partial charge is 0.383 e. The van der Waals surface area contributed by atoms with Crippen LogP contribution in [0.2, 0.25) is 0 Å². The molecule has 0 saturated carbocycles. The molecule has 164 valence electrons. The average molecular weight is 449 g/mol. The Morgan fingerprint density at radius 3 is 2.65 bits per heavy atom. The summed E-state index contributed by atoms with van der Waals surface area (Å²) < 4.78 is 56.6. The second kappa shape index (κ2) is 8.80. The normalized spacial score (nSPS) is 11.5. The molecular weight excluding hydrogens is 428 g/mol.